The molecule has 0 saturated heterocycles. The number of nitrogens with one attached hydrogen (secondary N) is 1. The van der Waals surface area contributed by atoms with Crippen molar-refractivity contribution in [2.45, 2.75) is 11.1 Å². The van der Waals surface area contributed by atoms with E-state index in [1.54, 1.807) is 0 Å². The van der Waals surface area contributed by atoms with Gasteiger partial charge in [-0.1, -0.05) is 11.3 Å². The fourth-order valence-electron chi connectivity index (χ4n) is 1.31. The number of hydrogen-bond donors (Lipinski definition) is 1. The molecule has 1 N–H and O–H groups in total. The fourth-order valence-corrected chi connectivity index (χ4v) is 3.15. The minimum Gasteiger partial charge on any atom is -0.497 e. The molecule has 0 aliphatic rings. The van der Waals surface area contributed by atoms with Crippen LogP contribution in [0.3, 0.4) is 0 Å². The number of benzene rings is 1. The molecule has 0 aliphatic carbocycles. The molecule has 1 aromatic heterocycles. The molecule has 11 heteroatoms. The third kappa shape index (κ3) is 3.61. The third-order valence-corrected chi connectivity index (χ3v) is 4.63. The van der Waals surface area contributed by atoms with E-state index in [9.17, 15) is 21.6 Å². The summed E-state index contributed by atoms with van der Waals surface area (Å²) in [5, 5.41) is 4.36. The van der Waals surface area contributed by atoms with E-state index < -0.39 is 26.3 Å². The topological polar surface area (TPSA) is 81.2 Å². The molecule has 0 aliphatic heterocycles. The van der Waals surface area contributed by atoms with Crippen LogP contribution in [0.5, 0.6) is 5.75 Å². The molecule has 0 radical (unpaired) electrons. The summed E-state index contributed by atoms with van der Waals surface area (Å²) < 4.78 is 67.8. The van der Waals surface area contributed by atoms with Crippen LogP contribution in [-0.2, 0) is 16.2 Å². The van der Waals surface area contributed by atoms with E-state index in [0.717, 1.165) is 0 Å². The molecular weight excluding hydrogens is 331 g/mol. The highest BCUT2D eigenvalue weighted by Crippen LogP contribution is 2.33. The van der Waals surface area contributed by atoms with Crippen LogP contribution in [0.4, 0.5) is 18.3 Å². The van der Waals surface area contributed by atoms with E-state index in [-0.39, 0.29) is 16.2 Å². The zero-order valence-electron chi connectivity index (χ0n) is 10.4. The number of methoxy groups -OCH3 is 1. The van der Waals surface area contributed by atoms with Crippen LogP contribution in [0.2, 0.25) is 0 Å². The zero-order chi connectivity index (χ0) is 15.7. The van der Waals surface area contributed by atoms with Gasteiger partial charge in [-0.3, -0.25) is 4.72 Å². The highest BCUT2D eigenvalue weighted by atomic mass is 32.2. The molecule has 0 saturated carbocycles. The van der Waals surface area contributed by atoms with E-state index in [0.29, 0.717) is 5.75 Å². The quantitative estimate of drug-likeness (QED) is 0.925. The number of anilines is 1. The average Bonchev–Trinajstić information content (AvgIpc) is 2.86. The van der Waals surface area contributed by atoms with E-state index >= 15 is 0 Å². The molecule has 1 aromatic carbocycles. The Morgan fingerprint density at radius 1 is 1.19 bits per heavy atom. The van der Waals surface area contributed by atoms with Gasteiger partial charge in [-0.15, -0.1) is 10.2 Å². The van der Waals surface area contributed by atoms with Crippen LogP contribution < -0.4 is 9.46 Å². The molecule has 0 unspecified atom stereocenters. The summed E-state index contributed by atoms with van der Waals surface area (Å²) in [6.07, 6.45) is -4.67. The third-order valence-electron chi connectivity index (χ3n) is 2.26. The summed E-state index contributed by atoms with van der Waals surface area (Å²) >= 11 is 0.107. The van der Waals surface area contributed by atoms with Crippen LogP contribution in [0, 0.1) is 0 Å². The lowest BCUT2D eigenvalue weighted by Crippen LogP contribution is -2.12. The lowest BCUT2D eigenvalue weighted by atomic mass is 10.3. The maximum atomic E-state index is 12.4. The van der Waals surface area contributed by atoms with E-state index in [1.807, 2.05) is 4.72 Å². The average molecular weight is 339 g/mol. The standard InChI is InChI=1S/C10H8F3N3O3S2/c1-19-6-2-4-7(5-3-6)21(17,18)16-9-15-14-8(20-9)10(11,12)13/h2-5H,1H3,(H,15,16). The van der Waals surface area contributed by atoms with Gasteiger partial charge in [-0.25, -0.2) is 8.42 Å². The lowest BCUT2D eigenvalue weighted by molar-refractivity contribution is -0.138. The summed E-state index contributed by atoms with van der Waals surface area (Å²) in [5.41, 5.74) is 0. The smallest absolute Gasteiger partial charge is 0.445 e. The first-order valence-corrected chi connectivity index (χ1v) is 7.60. The maximum Gasteiger partial charge on any atom is 0.445 e. The minimum absolute atomic E-state index is 0.107. The molecule has 2 aromatic rings. The molecule has 0 fully saturated rings. The lowest BCUT2D eigenvalue weighted by Gasteiger charge is -2.05. The number of halogens is 3. The van der Waals surface area contributed by atoms with Crippen LogP contribution in [0.25, 0.3) is 0 Å². The molecule has 0 amide bonds. The summed E-state index contributed by atoms with van der Waals surface area (Å²) in [5.74, 6) is 0.448. The molecule has 0 atom stereocenters. The summed E-state index contributed by atoms with van der Waals surface area (Å²) in [6, 6.07) is 5.34. The summed E-state index contributed by atoms with van der Waals surface area (Å²) in [7, 11) is -2.62. The van der Waals surface area contributed by atoms with Gasteiger partial charge in [0, 0.05) is 0 Å². The highest BCUT2D eigenvalue weighted by Gasteiger charge is 2.36. The Hall–Kier alpha value is -1.88. The van der Waals surface area contributed by atoms with E-state index in [4.69, 9.17) is 4.74 Å². The predicted octanol–water partition coefficient (Wildman–Crippen LogP) is 2.37. The summed E-state index contributed by atoms with van der Waals surface area (Å²) in [4.78, 5) is -0.132. The van der Waals surface area contributed by atoms with Gasteiger partial charge in [0.2, 0.25) is 10.1 Å². The van der Waals surface area contributed by atoms with Gasteiger partial charge in [0.05, 0.1) is 12.0 Å². The number of ether oxygens (including phenoxy) is 1. The van der Waals surface area contributed by atoms with E-state index in [2.05, 4.69) is 10.2 Å². The van der Waals surface area contributed by atoms with Crippen molar-refractivity contribution in [1.29, 1.82) is 0 Å². The Balaban J connectivity index is 2.22. The molecule has 0 spiro atoms. The van der Waals surface area contributed by atoms with Crippen LogP contribution >= 0.6 is 11.3 Å². The number of sulfonamides is 1. The Bertz CT molecular complexity index is 726. The highest BCUT2D eigenvalue weighted by molar-refractivity contribution is 7.93. The SMILES string of the molecule is COc1ccc(S(=O)(=O)Nc2nnc(C(F)(F)F)s2)cc1. The summed E-state index contributed by atoms with van der Waals surface area (Å²) in [6.45, 7) is 0. The number of hydrogen-bond acceptors (Lipinski definition) is 6. The van der Waals surface area contributed by atoms with Crippen molar-refractivity contribution in [2.75, 3.05) is 11.8 Å². The van der Waals surface area contributed by atoms with Crippen LogP contribution in [-0.4, -0.2) is 25.7 Å². The van der Waals surface area contributed by atoms with Crippen molar-refractivity contribution in [3.63, 3.8) is 0 Å². The Labute approximate surface area is 121 Å². The molecular formula is C10H8F3N3O3S2. The number of rotatable bonds is 4. The van der Waals surface area contributed by atoms with Crippen molar-refractivity contribution in [1.82, 2.24) is 10.2 Å². The Morgan fingerprint density at radius 2 is 1.81 bits per heavy atom. The van der Waals surface area contributed by atoms with Crippen LogP contribution in [0.15, 0.2) is 29.2 Å². The molecule has 0 bridgehead atoms. The minimum atomic E-state index is -4.67. The normalized spacial score (nSPS) is 12.2. The molecule has 6 nitrogen and oxygen atoms in total. The molecule has 1 heterocycles. The van der Waals surface area contributed by atoms with Gasteiger partial charge in [-0.2, -0.15) is 13.2 Å². The molecule has 114 valence electrons. The fraction of sp³-hybridized carbons (Fsp3) is 0.200. The number of nitrogens with zero attached hydrogens (tertiary/aromatic N) is 2. The maximum absolute atomic E-state index is 12.4. The van der Waals surface area contributed by atoms with Crippen molar-refractivity contribution < 1.29 is 26.3 Å². The van der Waals surface area contributed by atoms with Crippen molar-refractivity contribution in [2.24, 2.45) is 0 Å². The predicted molar refractivity (Wildman–Crippen MR) is 68.7 cm³/mol. The van der Waals surface area contributed by atoms with Gasteiger partial charge >= 0.3 is 6.18 Å². The Morgan fingerprint density at radius 3 is 2.29 bits per heavy atom. The number of alkyl halides is 3. The van der Waals surface area contributed by atoms with Gasteiger partial charge in [0.1, 0.15) is 5.75 Å². The van der Waals surface area contributed by atoms with Crippen molar-refractivity contribution >= 4 is 26.5 Å². The molecule has 21 heavy (non-hydrogen) atoms. The first-order chi connectivity index (χ1) is 9.72. The second-order valence-corrected chi connectivity index (χ2v) is 6.35. The Kier molecular flexibility index (Phi) is 4.05. The first kappa shape index (κ1) is 15.5. The monoisotopic (exact) mass is 339 g/mol. The van der Waals surface area contributed by atoms with Crippen molar-refractivity contribution in [3.8, 4) is 5.75 Å². The number of aromatic nitrogens is 2. The first-order valence-electron chi connectivity index (χ1n) is 5.30. The zero-order valence-corrected chi connectivity index (χ0v) is 12.0. The van der Waals surface area contributed by atoms with Gasteiger partial charge in [0.15, 0.2) is 0 Å². The van der Waals surface area contributed by atoms with Crippen molar-refractivity contribution in [3.05, 3.63) is 29.3 Å². The van der Waals surface area contributed by atoms with Crippen LogP contribution in [0.1, 0.15) is 5.01 Å². The van der Waals surface area contributed by atoms with Gasteiger partial charge in [0.25, 0.3) is 10.0 Å². The van der Waals surface area contributed by atoms with E-state index in [1.165, 1.54) is 31.4 Å². The second-order valence-electron chi connectivity index (χ2n) is 3.69. The largest absolute Gasteiger partial charge is 0.497 e. The molecule has 2 rings (SSSR count). The van der Waals surface area contributed by atoms with Gasteiger partial charge in [-0.05, 0) is 24.3 Å². The second kappa shape index (κ2) is 5.48. The van der Waals surface area contributed by atoms with Gasteiger partial charge < -0.3 is 4.74 Å².